The summed E-state index contributed by atoms with van der Waals surface area (Å²) in [6, 6.07) is 10.4. The van der Waals surface area contributed by atoms with Gasteiger partial charge in [-0.3, -0.25) is 9.59 Å². The molecule has 1 saturated heterocycles. The van der Waals surface area contributed by atoms with E-state index < -0.39 is 0 Å². The van der Waals surface area contributed by atoms with Gasteiger partial charge in [-0.25, -0.2) is 4.98 Å². The lowest BCUT2D eigenvalue weighted by Crippen LogP contribution is -2.18. The molecule has 1 aliphatic heterocycles. The van der Waals surface area contributed by atoms with Crippen molar-refractivity contribution in [2.45, 2.75) is 38.8 Å². The average Bonchev–Trinajstić information content (AvgIpc) is 3.40. The highest BCUT2D eigenvalue weighted by atomic mass is 16.2. The van der Waals surface area contributed by atoms with Crippen LogP contribution in [-0.4, -0.2) is 32.5 Å². The smallest absolute Gasteiger partial charge is 0.251 e. The molecule has 2 aliphatic rings. The van der Waals surface area contributed by atoms with Gasteiger partial charge in [-0.05, 0) is 30.5 Å². The Kier molecular flexibility index (Phi) is 4.97. The first-order valence-electron chi connectivity index (χ1n) is 10.6. The SMILES string of the molecule is C=C1C/C(=C\c2cnn3c(NC4CC4)cc(-c4cccc(CNC(C)=O)c4)nc23)C(=O)N1. The second kappa shape index (κ2) is 7.96. The third kappa shape index (κ3) is 4.12. The second-order valence-corrected chi connectivity index (χ2v) is 8.29. The minimum atomic E-state index is -0.132. The number of hydrogen-bond acceptors (Lipinski definition) is 5. The molecule has 0 unspecified atom stereocenters. The van der Waals surface area contributed by atoms with E-state index in [4.69, 9.17) is 4.98 Å². The summed E-state index contributed by atoms with van der Waals surface area (Å²) < 4.78 is 1.79. The van der Waals surface area contributed by atoms with Gasteiger partial charge in [0.2, 0.25) is 5.91 Å². The molecule has 3 N–H and O–H groups in total. The average molecular weight is 428 g/mol. The highest BCUT2D eigenvalue weighted by molar-refractivity contribution is 6.02. The molecule has 1 saturated carbocycles. The fourth-order valence-electron chi connectivity index (χ4n) is 3.74. The number of aromatic nitrogens is 3. The molecule has 8 heteroatoms. The molecule has 3 heterocycles. The first-order chi connectivity index (χ1) is 15.5. The Morgan fingerprint density at radius 1 is 1.34 bits per heavy atom. The topological polar surface area (TPSA) is 100 Å². The molecule has 8 nitrogen and oxygen atoms in total. The first kappa shape index (κ1) is 20.0. The summed E-state index contributed by atoms with van der Waals surface area (Å²) in [5, 5.41) is 13.6. The molecule has 2 aromatic heterocycles. The van der Waals surface area contributed by atoms with Gasteiger partial charge in [0.1, 0.15) is 5.82 Å². The fraction of sp³-hybridized carbons (Fsp3) is 0.250. The minimum Gasteiger partial charge on any atom is -0.367 e. The van der Waals surface area contributed by atoms with Crippen molar-refractivity contribution in [2.24, 2.45) is 0 Å². The van der Waals surface area contributed by atoms with E-state index in [1.807, 2.05) is 36.4 Å². The summed E-state index contributed by atoms with van der Waals surface area (Å²) in [6.45, 7) is 5.81. The van der Waals surface area contributed by atoms with E-state index in [0.717, 1.165) is 41.0 Å². The van der Waals surface area contributed by atoms with Crippen LogP contribution in [0.4, 0.5) is 5.82 Å². The maximum absolute atomic E-state index is 12.2. The van der Waals surface area contributed by atoms with Crippen LogP contribution < -0.4 is 16.0 Å². The maximum Gasteiger partial charge on any atom is 0.251 e. The molecule has 3 aromatic rings. The van der Waals surface area contributed by atoms with Gasteiger partial charge in [0, 0.05) is 54.4 Å². The van der Waals surface area contributed by atoms with Crippen LogP contribution >= 0.6 is 0 Å². The molecule has 0 bridgehead atoms. The third-order valence-electron chi connectivity index (χ3n) is 5.51. The number of fused-ring (bicyclic) bond motifs is 1. The number of amides is 2. The van der Waals surface area contributed by atoms with Crippen LogP contribution in [0.25, 0.3) is 23.0 Å². The summed E-state index contributed by atoms with van der Waals surface area (Å²) in [4.78, 5) is 28.3. The van der Waals surface area contributed by atoms with E-state index in [2.05, 4.69) is 27.6 Å². The molecule has 1 aromatic carbocycles. The van der Waals surface area contributed by atoms with Gasteiger partial charge in [0.25, 0.3) is 5.91 Å². The summed E-state index contributed by atoms with van der Waals surface area (Å²) in [5.41, 5.74) is 5.53. The van der Waals surface area contributed by atoms with Gasteiger partial charge in [-0.2, -0.15) is 9.61 Å². The molecule has 0 atom stereocenters. The van der Waals surface area contributed by atoms with Crippen molar-refractivity contribution in [2.75, 3.05) is 5.32 Å². The van der Waals surface area contributed by atoms with Gasteiger partial charge in [-0.15, -0.1) is 0 Å². The van der Waals surface area contributed by atoms with Crippen molar-refractivity contribution >= 4 is 29.4 Å². The van der Waals surface area contributed by atoms with E-state index in [0.29, 0.717) is 35.9 Å². The lowest BCUT2D eigenvalue weighted by atomic mass is 10.1. The number of carbonyl (C=O) groups excluding carboxylic acids is 2. The number of nitrogens with one attached hydrogen (secondary N) is 3. The van der Waals surface area contributed by atoms with Gasteiger partial charge in [0.05, 0.1) is 11.9 Å². The van der Waals surface area contributed by atoms with Gasteiger partial charge in [-0.1, -0.05) is 24.8 Å². The summed E-state index contributed by atoms with van der Waals surface area (Å²) in [6.07, 6.45) is 6.32. The largest absolute Gasteiger partial charge is 0.367 e. The number of benzene rings is 1. The molecule has 2 amide bonds. The Hall–Kier alpha value is -3.94. The molecule has 5 rings (SSSR count). The van der Waals surface area contributed by atoms with Crippen LogP contribution in [0.5, 0.6) is 0 Å². The van der Waals surface area contributed by atoms with Crippen molar-refractivity contribution < 1.29 is 9.59 Å². The second-order valence-electron chi connectivity index (χ2n) is 8.29. The number of allylic oxidation sites excluding steroid dienone is 1. The summed E-state index contributed by atoms with van der Waals surface area (Å²) in [7, 11) is 0. The van der Waals surface area contributed by atoms with Gasteiger partial charge >= 0.3 is 0 Å². The Bertz CT molecular complexity index is 1280. The van der Waals surface area contributed by atoms with Crippen molar-refractivity contribution in [3.05, 3.63) is 65.5 Å². The Labute approximate surface area is 185 Å². The van der Waals surface area contributed by atoms with Crippen LogP contribution in [0, 0.1) is 0 Å². The molecule has 1 aliphatic carbocycles. The minimum absolute atomic E-state index is 0.0681. The normalized spacial score (nSPS) is 17.1. The monoisotopic (exact) mass is 428 g/mol. The summed E-state index contributed by atoms with van der Waals surface area (Å²) >= 11 is 0. The maximum atomic E-state index is 12.2. The zero-order chi connectivity index (χ0) is 22.2. The quantitative estimate of drug-likeness (QED) is 0.524. The van der Waals surface area contributed by atoms with Crippen molar-refractivity contribution in [1.82, 2.24) is 25.2 Å². The zero-order valence-corrected chi connectivity index (χ0v) is 17.8. The van der Waals surface area contributed by atoms with E-state index >= 15 is 0 Å². The van der Waals surface area contributed by atoms with Gasteiger partial charge in [0.15, 0.2) is 5.65 Å². The van der Waals surface area contributed by atoms with Crippen LogP contribution in [0.15, 0.2) is 54.4 Å². The molecular formula is C24H24N6O2. The van der Waals surface area contributed by atoms with E-state index in [1.54, 1.807) is 10.7 Å². The fourth-order valence-corrected chi connectivity index (χ4v) is 3.74. The number of anilines is 1. The van der Waals surface area contributed by atoms with Gasteiger partial charge < -0.3 is 16.0 Å². The highest BCUT2D eigenvalue weighted by Gasteiger charge is 2.24. The van der Waals surface area contributed by atoms with Crippen molar-refractivity contribution in [3.63, 3.8) is 0 Å². The highest BCUT2D eigenvalue weighted by Crippen LogP contribution is 2.30. The van der Waals surface area contributed by atoms with Crippen molar-refractivity contribution in [3.8, 4) is 11.3 Å². The molecular weight excluding hydrogens is 404 g/mol. The Morgan fingerprint density at radius 3 is 2.91 bits per heavy atom. The third-order valence-corrected chi connectivity index (χ3v) is 5.51. The number of rotatable bonds is 6. The Balaban J connectivity index is 1.58. The molecule has 162 valence electrons. The van der Waals surface area contributed by atoms with Crippen LogP contribution in [-0.2, 0) is 16.1 Å². The number of carbonyl (C=O) groups is 2. The lowest BCUT2D eigenvalue weighted by Gasteiger charge is -2.11. The summed E-state index contributed by atoms with van der Waals surface area (Å²) in [5.74, 6) is 0.665. The van der Waals surface area contributed by atoms with Crippen LogP contribution in [0.1, 0.15) is 37.3 Å². The lowest BCUT2D eigenvalue weighted by molar-refractivity contribution is -0.119. The van der Waals surface area contributed by atoms with Crippen LogP contribution in [0.3, 0.4) is 0 Å². The standard InChI is InChI=1S/C24H24N6O2/c1-14-8-18(24(32)27-14)10-19-13-26-30-22(28-20-6-7-20)11-21(29-23(19)30)17-5-3-4-16(9-17)12-25-15(2)31/h3-5,9-11,13,20,28H,1,6-8,12H2,2H3,(H,25,31)(H,27,32)/b18-10+. The molecule has 0 spiro atoms. The predicted octanol–water partition coefficient (Wildman–Crippen LogP) is 3.02. The van der Waals surface area contributed by atoms with E-state index in [1.165, 1.54) is 6.92 Å². The van der Waals surface area contributed by atoms with E-state index in [-0.39, 0.29) is 11.8 Å². The Morgan fingerprint density at radius 2 is 2.19 bits per heavy atom. The predicted molar refractivity (Wildman–Crippen MR) is 122 cm³/mol. The number of hydrogen-bond donors (Lipinski definition) is 3. The molecule has 0 radical (unpaired) electrons. The number of nitrogens with zero attached hydrogens (tertiary/aromatic N) is 3. The van der Waals surface area contributed by atoms with Crippen molar-refractivity contribution in [1.29, 1.82) is 0 Å². The van der Waals surface area contributed by atoms with E-state index in [9.17, 15) is 9.59 Å². The molecule has 32 heavy (non-hydrogen) atoms. The molecule has 2 fully saturated rings. The zero-order valence-electron chi connectivity index (χ0n) is 17.8. The van der Waals surface area contributed by atoms with Crippen LogP contribution in [0.2, 0.25) is 0 Å². The first-order valence-corrected chi connectivity index (χ1v) is 10.6.